The lowest BCUT2D eigenvalue weighted by molar-refractivity contribution is 0.157. The van der Waals surface area contributed by atoms with E-state index in [2.05, 4.69) is 48.3 Å². The highest BCUT2D eigenvalue weighted by Crippen LogP contribution is 2.17. The summed E-state index contributed by atoms with van der Waals surface area (Å²) in [6, 6.07) is 9.50. The maximum absolute atomic E-state index is 3.53. The Morgan fingerprint density at radius 3 is 2.83 bits per heavy atom. The summed E-state index contributed by atoms with van der Waals surface area (Å²) in [6.45, 7) is 9.17. The van der Waals surface area contributed by atoms with Gasteiger partial charge in [0.05, 0.1) is 0 Å². The second kappa shape index (κ2) is 6.91. The number of nitrogens with one attached hydrogen (secondary N) is 1. The van der Waals surface area contributed by atoms with E-state index in [0.29, 0.717) is 0 Å². The molecule has 100 valence electrons. The third-order valence-electron chi connectivity index (χ3n) is 3.93. The molecule has 2 heteroatoms. The molecule has 1 fully saturated rings. The maximum Gasteiger partial charge on any atom is 0.0239 e. The van der Waals surface area contributed by atoms with Crippen LogP contribution in [0.3, 0.4) is 0 Å². The van der Waals surface area contributed by atoms with Crippen molar-refractivity contribution in [2.45, 2.75) is 45.7 Å². The van der Waals surface area contributed by atoms with Crippen molar-refractivity contribution in [3.8, 4) is 0 Å². The van der Waals surface area contributed by atoms with Gasteiger partial charge < -0.3 is 5.32 Å². The third-order valence-corrected chi connectivity index (χ3v) is 3.93. The zero-order valence-electron chi connectivity index (χ0n) is 11.8. The second-order valence-electron chi connectivity index (χ2n) is 5.40. The zero-order chi connectivity index (χ0) is 12.8. The summed E-state index contributed by atoms with van der Waals surface area (Å²) in [7, 11) is 0. The quantitative estimate of drug-likeness (QED) is 0.859. The standard InChI is InChI=1S/C16H26N2/c1-3-11-18(16-9-6-10-17-12-16)13-15-8-5-4-7-14(15)2/h4-5,7-8,16-17H,3,6,9-13H2,1-2H3. The van der Waals surface area contributed by atoms with Crippen molar-refractivity contribution in [1.29, 1.82) is 0 Å². The molecular weight excluding hydrogens is 220 g/mol. The van der Waals surface area contributed by atoms with Crippen molar-refractivity contribution in [2.75, 3.05) is 19.6 Å². The fraction of sp³-hybridized carbons (Fsp3) is 0.625. The summed E-state index contributed by atoms with van der Waals surface area (Å²) in [4.78, 5) is 2.66. The van der Waals surface area contributed by atoms with Gasteiger partial charge in [-0.25, -0.2) is 0 Å². The summed E-state index contributed by atoms with van der Waals surface area (Å²) in [5, 5.41) is 3.53. The van der Waals surface area contributed by atoms with Crippen LogP contribution in [-0.2, 0) is 6.54 Å². The normalized spacial score (nSPS) is 20.3. The fourth-order valence-corrected chi connectivity index (χ4v) is 2.83. The van der Waals surface area contributed by atoms with Crippen LogP contribution in [0.25, 0.3) is 0 Å². The molecule has 1 saturated heterocycles. The number of hydrogen-bond donors (Lipinski definition) is 1. The molecule has 0 spiro atoms. The van der Waals surface area contributed by atoms with E-state index in [4.69, 9.17) is 0 Å². The lowest BCUT2D eigenvalue weighted by atomic mass is 10.0. The van der Waals surface area contributed by atoms with Crippen LogP contribution in [-0.4, -0.2) is 30.6 Å². The van der Waals surface area contributed by atoms with E-state index in [1.807, 2.05) is 0 Å². The third kappa shape index (κ3) is 3.56. The number of rotatable bonds is 5. The number of aryl methyl sites for hydroxylation is 1. The predicted octanol–water partition coefficient (Wildman–Crippen LogP) is 2.96. The Morgan fingerprint density at radius 1 is 1.33 bits per heavy atom. The van der Waals surface area contributed by atoms with Crippen LogP contribution in [0.5, 0.6) is 0 Å². The van der Waals surface area contributed by atoms with Crippen molar-refractivity contribution in [3.63, 3.8) is 0 Å². The number of benzene rings is 1. The van der Waals surface area contributed by atoms with E-state index in [1.54, 1.807) is 0 Å². The first-order chi connectivity index (χ1) is 8.81. The van der Waals surface area contributed by atoms with Crippen LogP contribution >= 0.6 is 0 Å². The molecule has 1 atom stereocenters. The average molecular weight is 246 g/mol. The Labute approximate surface area is 111 Å². The second-order valence-corrected chi connectivity index (χ2v) is 5.40. The minimum atomic E-state index is 0.721. The fourth-order valence-electron chi connectivity index (χ4n) is 2.83. The molecule has 0 bridgehead atoms. The minimum Gasteiger partial charge on any atom is -0.315 e. The topological polar surface area (TPSA) is 15.3 Å². The largest absolute Gasteiger partial charge is 0.315 e. The van der Waals surface area contributed by atoms with Gasteiger partial charge in [-0.1, -0.05) is 31.2 Å². The molecule has 0 aromatic heterocycles. The highest BCUT2D eigenvalue weighted by atomic mass is 15.2. The molecule has 2 nitrogen and oxygen atoms in total. The minimum absolute atomic E-state index is 0.721. The average Bonchev–Trinajstić information content (AvgIpc) is 2.42. The predicted molar refractivity (Wildman–Crippen MR) is 77.8 cm³/mol. The van der Waals surface area contributed by atoms with Gasteiger partial charge in [0.1, 0.15) is 0 Å². The Balaban J connectivity index is 2.03. The van der Waals surface area contributed by atoms with Gasteiger partial charge in [-0.2, -0.15) is 0 Å². The summed E-state index contributed by atoms with van der Waals surface area (Å²) in [5.41, 5.74) is 2.90. The Morgan fingerprint density at radius 2 is 2.17 bits per heavy atom. The van der Waals surface area contributed by atoms with Crippen molar-refractivity contribution >= 4 is 0 Å². The Hall–Kier alpha value is -0.860. The van der Waals surface area contributed by atoms with Crippen LogP contribution in [0, 0.1) is 6.92 Å². The van der Waals surface area contributed by atoms with E-state index in [9.17, 15) is 0 Å². The molecule has 1 N–H and O–H groups in total. The number of hydrogen-bond acceptors (Lipinski definition) is 2. The van der Waals surface area contributed by atoms with Gasteiger partial charge in [-0.15, -0.1) is 0 Å². The van der Waals surface area contributed by atoms with Crippen molar-refractivity contribution in [1.82, 2.24) is 10.2 Å². The molecular formula is C16H26N2. The number of nitrogens with zero attached hydrogens (tertiary/aromatic N) is 1. The van der Waals surface area contributed by atoms with E-state index < -0.39 is 0 Å². The molecule has 1 unspecified atom stereocenters. The SMILES string of the molecule is CCCN(Cc1ccccc1C)C1CCCNC1. The van der Waals surface area contributed by atoms with Gasteiger partial charge in [-0.3, -0.25) is 4.90 Å². The molecule has 1 aromatic rings. The van der Waals surface area contributed by atoms with E-state index in [1.165, 1.54) is 43.5 Å². The smallest absolute Gasteiger partial charge is 0.0239 e. The molecule has 1 aliphatic rings. The first kappa shape index (κ1) is 13.6. The first-order valence-electron chi connectivity index (χ1n) is 7.30. The van der Waals surface area contributed by atoms with Crippen LogP contribution < -0.4 is 5.32 Å². The van der Waals surface area contributed by atoms with E-state index in [-0.39, 0.29) is 0 Å². The van der Waals surface area contributed by atoms with Crippen molar-refractivity contribution < 1.29 is 0 Å². The molecule has 2 rings (SSSR count). The van der Waals surface area contributed by atoms with Crippen LogP contribution in [0.1, 0.15) is 37.3 Å². The molecule has 18 heavy (non-hydrogen) atoms. The zero-order valence-corrected chi connectivity index (χ0v) is 11.8. The number of piperidine rings is 1. The maximum atomic E-state index is 3.53. The summed E-state index contributed by atoms with van der Waals surface area (Å²) in [5.74, 6) is 0. The Bertz CT molecular complexity index is 356. The van der Waals surface area contributed by atoms with Crippen LogP contribution in [0.4, 0.5) is 0 Å². The van der Waals surface area contributed by atoms with Gasteiger partial charge >= 0.3 is 0 Å². The monoisotopic (exact) mass is 246 g/mol. The van der Waals surface area contributed by atoms with Gasteiger partial charge in [0.25, 0.3) is 0 Å². The summed E-state index contributed by atoms with van der Waals surface area (Å²) < 4.78 is 0. The molecule has 0 aliphatic carbocycles. The lowest BCUT2D eigenvalue weighted by Crippen LogP contribution is -2.46. The van der Waals surface area contributed by atoms with Gasteiger partial charge in [0.2, 0.25) is 0 Å². The van der Waals surface area contributed by atoms with Crippen LogP contribution in [0.15, 0.2) is 24.3 Å². The van der Waals surface area contributed by atoms with Gasteiger partial charge in [0.15, 0.2) is 0 Å². The summed E-state index contributed by atoms with van der Waals surface area (Å²) >= 11 is 0. The van der Waals surface area contributed by atoms with Crippen molar-refractivity contribution in [3.05, 3.63) is 35.4 Å². The first-order valence-corrected chi connectivity index (χ1v) is 7.30. The van der Waals surface area contributed by atoms with Crippen LogP contribution in [0.2, 0.25) is 0 Å². The molecule has 1 aromatic carbocycles. The van der Waals surface area contributed by atoms with Gasteiger partial charge in [-0.05, 0) is 50.4 Å². The van der Waals surface area contributed by atoms with Gasteiger partial charge in [0, 0.05) is 19.1 Å². The highest BCUT2D eigenvalue weighted by Gasteiger charge is 2.20. The molecule has 0 amide bonds. The Kier molecular flexibility index (Phi) is 5.21. The van der Waals surface area contributed by atoms with E-state index in [0.717, 1.165) is 19.1 Å². The summed E-state index contributed by atoms with van der Waals surface area (Å²) in [6.07, 6.45) is 3.90. The van der Waals surface area contributed by atoms with E-state index >= 15 is 0 Å². The molecule has 1 heterocycles. The molecule has 0 radical (unpaired) electrons. The molecule has 1 aliphatic heterocycles. The molecule has 0 saturated carbocycles. The highest BCUT2D eigenvalue weighted by molar-refractivity contribution is 5.25. The lowest BCUT2D eigenvalue weighted by Gasteiger charge is -2.35. The van der Waals surface area contributed by atoms with Crippen molar-refractivity contribution in [2.24, 2.45) is 0 Å².